The molecule has 0 bridgehead atoms. The Kier molecular flexibility index (Phi) is 5.78. The molecule has 2 N–H and O–H groups in total. The number of phenolic OH excluding ortho intramolecular Hbond substituents is 2. The van der Waals surface area contributed by atoms with Crippen molar-refractivity contribution < 1.29 is 29.3 Å². The first-order valence-corrected chi connectivity index (χ1v) is 9.30. The second-order valence-electron chi connectivity index (χ2n) is 7.21. The molecule has 0 aromatic heterocycles. The molecule has 154 valence electrons. The smallest absolute Gasteiger partial charge is 0.343 e. The molecular formula is C24H22O6. The average molecular weight is 406 g/mol. The summed E-state index contributed by atoms with van der Waals surface area (Å²) in [6.07, 6.45) is 0. The van der Waals surface area contributed by atoms with Gasteiger partial charge in [-0.05, 0) is 86.3 Å². The van der Waals surface area contributed by atoms with Crippen LogP contribution >= 0.6 is 0 Å². The van der Waals surface area contributed by atoms with Gasteiger partial charge in [0.15, 0.2) is 23.0 Å². The van der Waals surface area contributed by atoms with Crippen LogP contribution in [0.15, 0.2) is 48.5 Å². The third kappa shape index (κ3) is 4.43. The van der Waals surface area contributed by atoms with E-state index >= 15 is 0 Å². The van der Waals surface area contributed by atoms with Crippen LogP contribution in [-0.2, 0) is 0 Å². The summed E-state index contributed by atoms with van der Waals surface area (Å²) >= 11 is 0. The van der Waals surface area contributed by atoms with E-state index in [1.165, 1.54) is 24.3 Å². The van der Waals surface area contributed by atoms with E-state index in [-0.39, 0.29) is 34.1 Å². The number of aromatic hydroxyl groups is 2. The zero-order chi connectivity index (χ0) is 22.0. The number of rotatable bonds is 4. The van der Waals surface area contributed by atoms with Crippen molar-refractivity contribution in [3.8, 4) is 23.0 Å². The summed E-state index contributed by atoms with van der Waals surface area (Å²) in [6, 6.07) is 12.4. The maximum absolute atomic E-state index is 12.4. The molecule has 0 amide bonds. The quantitative estimate of drug-likeness (QED) is 0.479. The second kappa shape index (κ2) is 8.29. The van der Waals surface area contributed by atoms with Crippen molar-refractivity contribution in [2.24, 2.45) is 0 Å². The molecule has 6 heteroatoms. The van der Waals surface area contributed by atoms with Crippen molar-refractivity contribution in [1.82, 2.24) is 0 Å². The summed E-state index contributed by atoms with van der Waals surface area (Å²) < 4.78 is 10.6. The Bertz CT molecular complexity index is 1040. The van der Waals surface area contributed by atoms with E-state index in [2.05, 4.69) is 0 Å². The van der Waals surface area contributed by atoms with Gasteiger partial charge in [-0.3, -0.25) is 0 Å². The van der Waals surface area contributed by atoms with E-state index in [0.29, 0.717) is 11.1 Å². The van der Waals surface area contributed by atoms with Crippen LogP contribution in [0.25, 0.3) is 0 Å². The molecular weight excluding hydrogens is 384 g/mol. The highest BCUT2D eigenvalue weighted by atomic mass is 16.5. The minimum atomic E-state index is -0.665. The van der Waals surface area contributed by atoms with Gasteiger partial charge in [0.1, 0.15) is 0 Å². The van der Waals surface area contributed by atoms with Crippen molar-refractivity contribution in [2.45, 2.75) is 27.7 Å². The predicted octanol–water partition coefficient (Wildman–Crippen LogP) is 4.77. The Morgan fingerprint density at radius 3 is 1.30 bits per heavy atom. The first kappa shape index (κ1) is 20.9. The molecule has 0 saturated heterocycles. The number of benzene rings is 3. The van der Waals surface area contributed by atoms with Gasteiger partial charge in [0.25, 0.3) is 0 Å². The lowest BCUT2D eigenvalue weighted by atomic mass is 10.1. The summed E-state index contributed by atoms with van der Waals surface area (Å²) in [5, 5.41) is 20.2. The monoisotopic (exact) mass is 406 g/mol. The minimum Gasteiger partial charge on any atom is -0.504 e. The van der Waals surface area contributed by atoms with Crippen LogP contribution in [-0.4, -0.2) is 22.2 Å². The summed E-state index contributed by atoms with van der Waals surface area (Å²) in [5.74, 6) is -1.37. The first-order chi connectivity index (χ1) is 14.2. The summed E-state index contributed by atoms with van der Waals surface area (Å²) in [7, 11) is 0. The van der Waals surface area contributed by atoms with Gasteiger partial charge in [-0.25, -0.2) is 9.59 Å². The van der Waals surface area contributed by atoms with Crippen LogP contribution < -0.4 is 9.47 Å². The Morgan fingerprint density at radius 1 is 0.633 bits per heavy atom. The van der Waals surface area contributed by atoms with Crippen molar-refractivity contribution in [3.05, 3.63) is 81.9 Å². The number of hydrogen-bond donors (Lipinski definition) is 2. The van der Waals surface area contributed by atoms with Crippen LogP contribution in [0.4, 0.5) is 0 Å². The van der Waals surface area contributed by atoms with E-state index in [1.807, 2.05) is 13.8 Å². The summed E-state index contributed by atoms with van der Waals surface area (Å²) in [4.78, 5) is 24.8. The van der Waals surface area contributed by atoms with E-state index in [1.54, 1.807) is 38.1 Å². The Balaban J connectivity index is 1.75. The van der Waals surface area contributed by atoms with E-state index in [4.69, 9.17) is 9.47 Å². The van der Waals surface area contributed by atoms with Gasteiger partial charge in [0.2, 0.25) is 0 Å². The fourth-order valence-corrected chi connectivity index (χ4v) is 3.06. The largest absolute Gasteiger partial charge is 0.504 e. The molecule has 6 nitrogen and oxygen atoms in total. The second-order valence-corrected chi connectivity index (χ2v) is 7.21. The SMILES string of the molecule is Cc1cc(C)c(O)c(OC(=O)c2ccc(C(=O)Oc3cc(C)cc(C)c3O)cc2)c1. The van der Waals surface area contributed by atoms with Gasteiger partial charge in [0.05, 0.1) is 11.1 Å². The molecule has 0 heterocycles. The molecule has 3 aromatic carbocycles. The first-order valence-electron chi connectivity index (χ1n) is 9.30. The molecule has 0 atom stereocenters. The fraction of sp³-hybridized carbons (Fsp3) is 0.167. The topological polar surface area (TPSA) is 93.1 Å². The highest BCUT2D eigenvalue weighted by Crippen LogP contribution is 2.32. The van der Waals surface area contributed by atoms with Gasteiger partial charge in [-0.1, -0.05) is 12.1 Å². The third-order valence-electron chi connectivity index (χ3n) is 4.58. The molecule has 0 aliphatic rings. The Morgan fingerprint density at radius 2 is 0.967 bits per heavy atom. The van der Waals surface area contributed by atoms with Gasteiger partial charge < -0.3 is 19.7 Å². The maximum atomic E-state index is 12.4. The molecule has 3 rings (SSSR count). The molecule has 0 spiro atoms. The molecule has 0 aliphatic heterocycles. The predicted molar refractivity (Wildman–Crippen MR) is 112 cm³/mol. The number of aryl methyl sites for hydroxylation is 4. The molecule has 3 aromatic rings. The number of carbonyl (C=O) groups is 2. The van der Waals surface area contributed by atoms with E-state index in [0.717, 1.165) is 11.1 Å². The highest BCUT2D eigenvalue weighted by Gasteiger charge is 2.17. The average Bonchev–Trinajstić information content (AvgIpc) is 2.69. The van der Waals surface area contributed by atoms with Crippen LogP contribution in [0.2, 0.25) is 0 Å². The van der Waals surface area contributed by atoms with E-state index < -0.39 is 11.9 Å². The third-order valence-corrected chi connectivity index (χ3v) is 4.58. The molecule has 30 heavy (non-hydrogen) atoms. The van der Waals surface area contributed by atoms with Crippen LogP contribution in [0, 0.1) is 27.7 Å². The Labute approximate surface area is 174 Å². The number of phenols is 2. The number of carbonyl (C=O) groups excluding carboxylic acids is 2. The van der Waals surface area contributed by atoms with E-state index in [9.17, 15) is 19.8 Å². The van der Waals surface area contributed by atoms with Crippen LogP contribution in [0.5, 0.6) is 23.0 Å². The number of esters is 2. The molecule has 0 saturated carbocycles. The van der Waals surface area contributed by atoms with Crippen LogP contribution in [0.3, 0.4) is 0 Å². The summed E-state index contributed by atoms with van der Waals surface area (Å²) in [6.45, 7) is 7.09. The van der Waals surface area contributed by atoms with Crippen molar-refractivity contribution in [3.63, 3.8) is 0 Å². The van der Waals surface area contributed by atoms with Crippen molar-refractivity contribution in [2.75, 3.05) is 0 Å². The van der Waals surface area contributed by atoms with Gasteiger partial charge in [-0.15, -0.1) is 0 Å². The zero-order valence-corrected chi connectivity index (χ0v) is 17.1. The lowest BCUT2D eigenvalue weighted by Crippen LogP contribution is -2.11. The highest BCUT2D eigenvalue weighted by molar-refractivity contribution is 5.95. The summed E-state index contributed by atoms with van der Waals surface area (Å²) in [5.41, 5.74) is 3.32. The number of hydrogen-bond acceptors (Lipinski definition) is 6. The normalized spacial score (nSPS) is 10.5. The maximum Gasteiger partial charge on any atom is 0.343 e. The lowest BCUT2D eigenvalue weighted by molar-refractivity contribution is 0.0715. The van der Waals surface area contributed by atoms with Crippen molar-refractivity contribution >= 4 is 11.9 Å². The van der Waals surface area contributed by atoms with Crippen molar-refractivity contribution in [1.29, 1.82) is 0 Å². The molecule has 0 aliphatic carbocycles. The molecule has 0 unspecified atom stereocenters. The van der Waals surface area contributed by atoms with Gasteiger partial charge in [-0.2, -0.15) is 0 Å². The zero-order valence-electron chi connectivity index (χ0n) is 17.1. The standard InChI is InChI=1S/C24H22O6/c1-13-9-15(3)21(25)19(11-13)29-23(27)17-5-7-18(8-6-17)24(28)30-20-12-14(2)10-16(4)22(20)26/h5-12,25-26H,1-4H3. The Hall–Kier alpha value is -3.80. The lowest BCUT2D eigenvalue weighted by Gasteiger charge is -2.11. The van der Waals surface area contributed by atoms with Gasteiger partial charge in [0, 0.05) is 0 Å². The van der Waals surface area contributed by atoms with Gasteiger partial charge >= 0.3 is 11.9 Å². The minimum absolute atomic E-state index is 0.0753. The molecule has 0 fully saturated rings. The van der Waals surface area contributed by atoms with Crippen LogP contribution in [0.1, 0.15) is 43.0 Å². The number of ether oxygens (including phenoxy) is 2. The fourth-order valence-electron chi connectivity index (χ4n) is 3.06. The molecule has 0 radical (unpaired) electrons.